The van der Waals surface area contributed by atoms with Crippen LogP contribution in [-0.2, 0) is 0 Å². The van der Waals surface area contributed by atoms with Crippen LogP contribution in [0, 0.1) is 22.7 Å². The molecular weight excluding hydrogens is 280 g/mol. The average Bonchev–Trinajstić information content (AvgIpc) is 2.36. The van der Waals surface area contributed by atoms with E-state index in [1.165, 1.54) is 0 Å². The number of rotatable bonds is 11. The van der Waals surface area contributed by atoms with Gasteiger partial charge < -0.3 is 20.4 Å². The van der Waals surface area contributed by atoms with Crippen LogP contribution in [-0.4, -0.2) is 45.8 Å². The first kappa shape index (κ1) is 21.8. The highest BCUT2D eigenvalue weighted by Crippen LogP contribution is 2.33. The van der Waals surface area contributed by atoms with Gasteiger partial charge in [0.25, 0.3) is 0 Å². The van der Waals surface area contributed by atoms with Crippen LogP contribution in [0.3, 0.4) is 0 Å². The fraction of sp³-hybridized carbons (Fsp3) is 1.00. The first-order chi connectivity index (χ1) is 9.94. The molecular formula is C18H38O4. The predicted octanol–water partition coefficient (Wildman–Crippen LogP) is 2.58. The quantitative estimate of drug-likeness (QED) is 0.472. The zero-order chi connectivity index (χ0) is 17.6. The van der Waals surface area contributed by atoms with Crippen molar-refractivity contribution in [3.63, 3.8) is 0 Å². The van der Waals surface area contributed by atoms with E-state index in [1.54, 1.807) is 0 Å². The minimum Gasteiger partial charge on any atom is -0.396 e. The van der Waals surface area contributed by atoms with E-state index in [0.717, 1.165) is 12.8 Å². The Kier molecular flexibility index (Phi) is 9.15. The monoisotopic (exact) mass is 318 g/mol. The summed E-state index contributed by atoms with van der Waals surface area (Å²) >= 11 is 0. The predicted molar refractivity (Wildman–Crippen MR) is 90.5 cm³/mol. The van der Waals surface area contributed by atoms with Crippen LogP contribution >= 0.6 is 0 Å². The minimum atomic E-state index is -0.752. The molecule has 4 unspecified atom stereocenters. The van der Waals surface area contributed by atoms with Crippen molar-refractivity contribution in [1.29, 1.82) is 0 Å². The Morgan fingerprint density at radius 3 is 1.86 bits per heavy atom. The Balaban J connectivity index is 4.44. The van der Waals surface area contributed by atoms with Crippen molar-refractivity contribution in [3.8, 4) is 0 Å². The molecule has 0 aliphatic carbocycles. The maximum absolute atomic E-state index is 10.4. The molecule has 0 aromatic rings. The van der Waals surface area contributed by atoms with Crippen molar-refractivity contribution < 1.29 is 20.4 Å². The molecule has 0 rings (SSSR count). The smallest absolute Gasteiger partial charge is 0.0824 e. The number of hydrogen-bond acceptors (Lipinski definition) is 4. The second-order valence-electron chi connectivity index (χ2n) is 8.74. The van der Waals surface area contributed by atoms with Gasteiger partial charge in [-0.1, -0.05) is 41.5 Å². The van der Waals surface area contributed by atoms with E-state index in [1.807, 2.05) is 27.7 Å². The Labute approximate surface area is 136 Å². The van der Waals surface area contributed by atoms with Crippen LogP contribution in [0.4, 0.5) is 0 Å². The summed E-state index contributed by atoms with van der Waals surface area (Å²) in [5.41, 5.74) is -0.196. The largest absolute Gasteiger partial charge is 0.396 e. The van der Waals surface area contributed by atoms with E-state index in [9.17, 15) is 15.3 Å². The summed E-state index contributed by atoms with van der Waals surface area (Å²) in [4.78, 5) is 0. The summed E-state index contributed by atoms with van der Waals surface area (Å²) in [6.07, 6.45) is 1.32. The van der Waals surface area contributed by atoms with E-state index in [0.29, 0.717) is 12.8 Å². The molecule has 4 nitrogen and oxygen atoms in total. The third-order valence-corrected chi connectivity index (χ3v) is 4.61. The van der Waals surface area contributed by atoms with Gasteiger partial charge in [-0.15, -0.1) is 0 Å². The minimum absolute atomic E-state index is 0.0189. The Hall–Kier alpha value is -0.160. The standard InChI is InChI=1S/C18H38O4/c1-13(10-18(5,6)12-20)9-15(21)16(22)14(2)11-17(3,4)7-8-19/h13-16,19-22H,7-12H2,1-6H3. The number of aliphatic hydroxyl groups is 4. The summed E-state index contributed by atoms with van der Waals surface area (Å²) in [5.74, 6) is 0.221. The summed E-state index contributed by atoms with van der Waals surface area (Å²) in [7, 11) is 0. The van der Waals surface area contributed by atoms with Crippen molar-refractivity contribution in [2.45, 2.75) is 79.4 Å². The SMILES string of the molecule is CC(CC(O)C(O)C(C)CC(C)(C)CCO)CC(C)(C)CO. The molecule has 0 aliphatic heterocycles. The molecule has 4 heteroatoms. The van der Waals surface area contributed by atoms with Crippen molar-refractivity contribution >= 4 is 0 Å². The second kappa shape index (κ2) is 9.21. The van der Waals surface area contributed by atoms with Gasteiger partial charge in [-0.3, -0.25) is 0 Å². The third-order valence-electron chi connectivity index (χ3n) is 4.61. The normalized spacial score (nSPS) is 18.8. The second-order valence-corrected chi connectivity index (χ2v) is 8.74. The summed E-state index contributed by atoms with van der Waals surface area (Å²) < 4.78 is 0. The van der Waals surface area contributed by atoms with Crippen molar-refractivity contribution in [2.24, 2.45) is 22.7 Å². The topological polar surface area (TPSA) is 80.9 Å². The van der Waals surface area contributed by atoms with Crippen LogP contribution in [0.5, 0.6) is 0 Å². The van der Waals surface area contributed by atoms with E-state index in [2.05, 4.69) is 13.8 Å². The third kappa shape index (κ3) is 8.47. The van der Waals surface area contributed by atoms with Gasteiger partial charge in [0.2, 0.25) is 0 Å². The van der Waals surface area contributed by atoms with Gasteiger partial charge in [-0.25, -0.2) is 0 Å². The average molecular weight is 318 g/mol. The summed E-state index contributed by atoms with van der Waals surface area (Å²) in [6.45, 7) is 12.4. The van der Waals surface area contributed by atoms with Gasteiger partial charge in [-0.05, 0) is 48.3 Å². The molecule has 0 spiro atoms. The van der Waals surface area contributed by atoms with Gasteiger partial charge in [-0.2, -0.15) is 0 Å². The molecule has 0 bridgehead atoms. The molecule has 0 saturated heterocycles. The molecule has 0 aromatic carbocycles. The van der Waals surface area contributed by atoms with Gasteiger partial charge in [0.15, 0.2) is 0 Å². The molecule has 134 valence electrons. The lowest BCUT2D eigenvalue weighted by Crippen LogP contribution is -2.36. The van der Waals surface area contributed by atoms with E-state index < -0.39 is 12.2 Å². The van der Waals surface area contributed by atoms with Crippen molar-refractivity contribution in [3.05, 3.63) is 0 Å². The Morgan fingerprint density at radius 2 is 1.41 bits per heavy atom. The molecule has 0 amide bonds. The molecule has 22 heavy (non-hydrogen) atoms. The van der Waals surface area contributed by atoms with Crippen LogP contribution in [0.1, 0.15) is 67.2 Å². The molecule has 0 aliphatic rings. The maximum atomic E-state index is 10.4. The zero-order valence-corrected chi connectivity index (χ0v) is 15.3. The van der Waals surface area contributed by atoms with Gasteiger partial charge in [0, 0.05) is 13.2 Å². The van der Waals surface area contributed by atoms with E-state index in [4.69, 9.17) is 5.11 Å². The summed E-state index contributed by atoms with van der Waals surface area (Å²) in [5, 5.41) is 39.1. The molecule has 0 aromatic heterocycles. The fourth-order valence-corrected chi connectivity index (χ4v) is 3.42. The lowest BCUT2D eigenvalue weighted by atomic mass is 9.76. The number of hydrogen-bond donors (Lipinski definition) is 4. The highest BCUT2D eigenvalue weighted by Gasteiger charge is 2.30. The van der Waals surface area contributed by atoms with Gasteiger partial charge in [0.1, 0.15) is 0 Å². The lowest BCUT2D eigenvalue weighted by molar-refractivity contribution is -0.0372. The highest BCUT2D eigenvalue weighted by atomic mass is 16.3. The zero-order valence-electron chi connectivity index (χ0n) is 15.3. The first-order valence-electron chi connectivity index (χ1n) is 8.52. The molecule has 4 atom stereocenters. The Bertz CT molecular complexity index is 301. The van der Waals surface area contributed by atoms with Crippen LogP contribution in [0.15, 0.2) is 0 Å². The first-order valence-corrected chi connectivity index (χ1v) is 8.52. The molecule has 0 saturated carbocycles. The van der Waals surface area contributed by atoms with E-state index >= 15 is 0 Å². The lowest BCUT2D eigenvalue weighted by Gasteiger charge is -2.33. The van der Waals surface area contributed by atoms with Crippen molar-refractivity contribution in [1.82, 2.24) is 0 Å². The summed E-state index contributed by atoms with van der Waals surface area (Å²) in [6, 6.07) is 0. The van der Waals surface area contributed by atoms with Gasteiger partial charge >= 0.3 is 0 Å². The Morgan fingerprint density at radius 1 is 0.864 bits per heavy atom. The molecule has 0 heterocycles. The van der Waals surface area contributed by atoms with Gasteiger partial charge in [0.05, 0.1) is 12.2 Å². The highest BCUT2D eigenvalue weighted by molar-refractivity contribution is 4.81. The van der Waals surface area contributed by atoms with Crippen LogP contribution in [0.25, 0.3) is 0 Å². The van der Waals surface area contributed by atoms with Crippen molar-refractivity contribution in [2.75, 3.05) is 13.2 Å². The molecule has 4 N–H and O–H groups in total. The van der Waals surface area contributed by atoms with E-state index in [-0.39, 0.29) is 35.9 Å². The molecule has 0 fully saturated rings. The molecule has 0 radical (unpaired) electrons. The van der Waals surface area contributed by atoms with Crippen LogP contribution < -0.4 is 0 Å². The van der Waals surface area contributed by atoms with Crippen LogP contribution in [0.2, 0.25) is 0 Å². The maximum Gasteiger partial charge on any atom is 0.0824 e. The number of aliphatic hydroxyl groups excluding tert-OH is 4. The fourth-order valence-electron chi connectivity index (χ4n) is 3.42.